The van der Waals surface area contributed by atoms with E-state index < -0.39 is 0 Å². The molecule has 2 rings (SSSR count). The summed E-state index contributed by atoms with van der Waals surface area (Å²) >= 11 is 0. The number of nitrogens with zero attached hydrogens (tertiary/aromatic N) is 1. The van der Waals surface area contributed by atoms with Gasteiger partial charge in [-0.25, -0.2) is 0 Å². The highest BCUT2D eigenvalue weighted by atomic mass is 16.5. The third kappa shape index (κ3) is 4.83. The zero-order valence-electron chi connectivity index (χ0n) is 13.2. The predicted molar refractivity (Wildman–Crippen MR) is 83.0 cm³/mol. The molecular weight excluding hydrogens is 266 g/mol. The average Bonchev–Trinajstić information content (AvgIpc) is 2.43. The quantitative estimate of drug-likeness (QED) is 0.597. The van der Waals surface area contributed by atoms with Crippen LogP contribution in [0.15, 0.2) is 24.3 Å². The van der Waals surface area contributed by atoms with Crippen molar-refractivity contribution in [1.82, 2.24) is 4.90 Å². The Bertz CT molecular complexity index is 465. The van der Waals surface area contributed by atoms with Gasteiger partial charge in [0.05, 0.1) is 24.4 Å². The third-order valence-electron chi connectivity index (χ3n) is 3.64. The zero-order valence-corrected chi connectivity index (χ0v) is 13.2. The van der Waals surface area contributed by atoms with Crippen LogP contribution in [0.25, 0.3) is 0 Å². The van der Waals surface area contributed by atoms with Crippen molar-refractivity contribution in [2.24, 2.45) is 0 Å². The molecule has 0 aliphatic carbocycles. The number of rotatable bonds is 6. The van der Waals surface area contributed by atoms with Crippen LogP contribution >= 0.6 is 0 Å². The van der Waals surface area contributed by atoms with Crippen LogP contribution in [0.2, 0.25) is 0 Å². The maximum atomic E-state index is 11.5. The van der Waals surface area contributed by atoms with Crippen molar-refractivity contribution < 1.29 is 14.3 Å². The topological polar surface area (TPSA) is 38.8 Å². The van der Waals surface area contributed by atoms with E-state index in [2.05, 4.69) is 18.7 Å². The molecule has 1 aliphatic rings. The summed E-state index contributed by atoms with van der Waals surface area (Å²) in [6.07, 6.45) is 1.55. The predicted octanol–water partition coefficient (Wildman–Crippen LogP) is 2.77. The van der Waals surface area contributed by atoms with Crippen molar-refractivity contribution >= 4 is 5.78 Å². The van der Waals surface area contributed by atoms with Crippen molar-refractivity contribution in [2.45, 2.75) is 39.4 Å². The molecule has 0 spiro atoms. The Kier molecular flexibility index (Phi) is 5.76. The van der Waals surface area contributed by atoms with Crippen LogP contribution in [0.4, 0.5) is 0 Å². The van der Waals surface area contributed by atoms with Crippen molar-refractivity contribution in [1.29, 1.82) is 0 Å². The summed E-state index contributed by atoms with van der Waals surface area (Å²) in [5, 5.41) is 0. The second-order valence-electron chi connectivity index (χ2n) is 5.77. The first-order valence-electron chi connectivity index (χ1n) is 7.67. The van der Waals surface area contributed by atoms with Crippen molar-refractivity contribution in [3.63, 3.8) is 0 Å². The van der Waals surface area contributed by atoms with Gasteiger partial charge in [-0.15, -0.1) is 0 Å². The van der Waals surface area contributed by atoms with Crippen molar-refractivity contribution in [3.05, 3.63) is 29.8 Å². The highest BCUT2D eigenvalue weighted by Gasteiger charge is 2.21. The molecular formula is C17H25NO3. The second-order valence-corrected chi connectivity index (χ2v) is 5.77. The van der Waals surface area contributed by atoms with E-state index in [-0.39, 0.29) is 5.78 Å². The number of morpholine rings is 1. The summed E-state index contributed by atoms with van der Waals surface area (Å²) in [6, 6.07) is 7.42. The van der Waals surface area contributed by atoms with Crippen molar-refractivity contribution in [2.75, 3.05) is 26.2 Å². The summed E-state index contributed by atoms with van der Waals surface area (Å²) in [6.45, 7) is 9.39. The zero-order chi connectivity index (χ0) is 15.2. The van der Waals surface area contributed by atoms with E-state index in [4.69, 9.17) is 9.47 Å². The summed E-state index contributed by atoms with van der Waals surface area (Å²) in [5.74, 6) is 0.732. The first kappa shape index (κ1) is 16.0. The van der Waals surface area contributed by atoms with E-state index in [9.17, 15) is 4.79 Å². The first-order chi connectivity index (χ1) is 10.1. The maximum Gasteiger partial charge on any atom is 0.163 e. The van der Waals surface area contributed by atoms with E-state index in [1.807, 2.05) is 24.3 Å². The fraction of sp³-hybridized carbons (Fsp3) is 0.588. The number of hydrogen-bond donors (Lipinski definition) is 0. The average molecular weight is 291 g/mol. The van der Waals surface area contributed by atoms with Crippen LogP contribution in [0, 0.1) is 0 Å². The van der Waals surface area contributed by atoms with Gasteiger partial charge in [-0.2, -0.15) is 0 Å². The Labute approximate surface area is 127 Å². The molecule has 1 heterocycles. The van der Waals surface area contributed by atoms with Crippen LogP contribution in [0.1, 0.15) is 37.6 Å². The van der Waals surface area contributed by atoms with Crippen LogP contribution < -0.4 is 4.74 Å². The van der Waals surface area contributed by atoms with E-state index in [0.29, 0.717) is 30.1 Å². The SMILES string of the molecule is CC(=O)c1ccccc1OCCCN1C[C@H](C)O[C@@H](C)C1. The minimum atomic E-state index is 0.0430. The molecule has 2 atom stereocenters. The molecule has 21 heavy (non-hydrogen) atoms. The van der Waals surface area contributed by atoms with Gasteiger partial charge in [0.2, 0.25) is 0 Å². The number of ether oxygens (including phenoxy) is 2. The minimum Gasteiger partial charge on any atom is -0.493 e. The highest BCUT2D eigenvalue weighted by Crippen LogP contribution is 2.18. The summed E-state index contributed by atoms with van der Waals surface area (Å²) < 4.78 is 11.5. The molecule has 0 radical (unpaired) electrons. The lowest BCUT2D eigenvalue weighted by Crippen LogP contribution is -2.45. The lowest BCUT2D eigenvalue weighted by atomic mass is 10.1. The van der Waals surface area contributed by atoms with Gasteiger partial charge in [0.15, 0.2) is 5.78 Å². The molecule has 0 aromatic heterocycles. The monoisotopic (exact) mass is 291 g/mol. The number of ketones is 1. The molecule has 0 unspecified atom stereocenters. The molecule has 4 heteroatoms. The third-order valence-corrected chi connectivity index (χ3v) is 3.64. The van der Waals surface area contributed by atoms with Gasteiger partial charge in [-0.3, -0.25) is 9.69 Å². The van der Waals surface area contributed by atoms with Gasteiger partial charge in [0, 0.05) is 19.6 Å². The lowest BCUT2D eigenvalue weighted by molar-refractivity contribution is -0.0686. The van der Waals surface area contributed by atoms with E-state index >= 15 is 0 Å². The fourth-order valence-corrected chi connectivity index (χ4v) is 2.82. The number of para-hydroxylation sites is 1. The molecule has 0 saturated carbocycles. The van der Waals surface area contributed by atoms with Gasteiger partial charge in [-0.05, 0) is 39.3 Å². The molecule has 4 nitrogen and oxygen atoms in total. The first-order valence-corrected chi connectivity index (χ1v) is 7.67. The number of carbonyl (C=O) groups is 1. The summed E-state index contributed by atoms with van der Waals surface area (Å²) in [5.41, 5.74) is 0.658. The van der Waals surface area contributed by atoms with Crippen molar-refractivity contribution in [3.8, 4) is 5.75 Å². The Hall–Kier alpha value is -1.39. The summed E-state index contributed by atoms with van der Waals surface area (Å²) in [7, 11) is 0. The number of carbonyl (C=O) groups excluding carboxylic acids is 1. The maximum absolute atomic E-state index is 11.5. The molecule has 1 fully saturated rings. The molecule has 1 aliphatic heterocycles. The minimum absolute atomic E-state index is 0.0430. The summed E-state index contributed by atoms with van der Waals surface area (Å²) in [4.78, 5) is 13.9. The number of Topliss-reactive ketones (excluding diaryl/α,β-unsaturated/α-hetero) is 1. The van der Waals surface area contributed by atoms with Gasteiger partial charge in [0.25, 0.3) is 0 Å². The Balaban J connectivity index is 1.76. The van der Waals surface area contributed by atoms with Crippen LogP contribution in [0.5, 0.6) is 5.75 Å². The fourth-order valence-electron chi connectivity index (χ4n) is 2.82. The second kappa shape index (κ2) is 7.57. The molecule has 1 aromatic carbocycles. The Morgan fingerprint density at radius 2 is 1.95 bits per heavy atom. The molecule has 116 valence electrons. The van der Waals surface area contributed by atoms with Crippen LogP contribution in [-0.2, 0) is 4.74 Å². The smallest absolute Gasteiger partial charge is 0.163 e. The van der Waals surface area contributed by atoms with Gasteiger partial charge in [0.1, 0.15) is 5.75 Å². The highest BCUT2D eigenvalue weighted by molar-refractivity contribution is 5.96. The molecule has 0 N–H and O–H groups in total. The van der Waals surface area contributed by atoms with Crippen LogP contribution in [0.3, 0.4) is 0 Å². The van der Waals surface area contributed by atoms with E-state index in [1.54, 1.807) is 6.92 Å². The Morgan fingerprint density at radius 1 is 1.29 bits per heavy atom. The largest absolute Gasteiger partial charge is 0.493 e. The molecule has 0 amide bonds. The number of hydrogen-bond acceptors (Lipinski definition) is 4. The van der Waals surface area contributed by atoms with Crippen LogP contribution in [-0.4, -0.2) is 49.1 Å². The normalized spacial score (nSPS) is 23.0. The molecule has 1 saturated heterocycles. The van der Waals surface area contributed by atoms with E-state index in [0.717, 1.165) is 26.1 Å². The standard InChI is InChI=1S/C17H25NO3/c1-13-11-18(12-14(2)21-13)9-6-10-20-17-8-5-4-7-16(17)15(3)19/h4-5,7-8,13-14H,6,9-12H2,1-3H3/t13-,14-/m0/s1. The number of benzene rings is 1. The van der Waals surface area contributed by atoms with Gasteiger partial charge >= 0.3 is 0 Å². The molecule has 0 bridgehead atoms. The Morgan fingerprint density at radius 3 is 2.62 bits per heavy atom. The van der Waals surface area contributed by atoms with Gasteiger partial charge < -0.3 is 9.47 Å². The van der Waals surface area contributed by atoms with Gasteiger partial charge in [-0.1, -0.05) is 12.1 Å². The lowest BCUT2D eigenvalue weighted by Gasteiger charge is -2.35. The molecule has 1 aromatic rings. The van der Waals surface area contributed by atoms with E-state index in [1.165, 1.54) is 0 Å².